The lowest BCUT2D eigenvalue weighted by Gasteiger charge is -2.08. The molecule has 3 nitrogen and oxygen atoms in total. The highest BCUT2D eigenvalue weighted by Crippen LogP contribution is 2.28. The quantitative estimate of drug-likeness (QED) is 0.701. The van der Waals surface area contributed by atoms with Gasteiger partial charge < -0.3 is 4.74 Å². The van der Waals surface area contributed by atoms with Crippen LogP contribution in [0, 0.1) is 17.1 Å². The van der Waals surface area contributed by atoms with Gasteiger partial charge in [-0.2, -0.15) is 5.26 Å². The van der Waals surface area contributed by atoms with Crippen molar-refractivity contribution in [2.75, 3.05) is 0 Å². The number of rotatable bonds is 2. The Balaban J connectivity index is 2.02. The highest BCUT2D eigenvalue weighted by molar-refractivity contribution is 5.79. The van der Waals surface area contributed by atoms with Crippen molar-refractivity contribution in [3.8, 4) is 17.6 Å². The van der Waals surface area contributed by atoms with Crippen molar-refractivity contribution in [2.24, 2.45) is 0 Å². The van der Waals surface area contributed by atoms with E-state index < -0.39 is 5.82 Å². The number of pyridine rings is 1. The topological polar surface area (TPSA) is 45.9 Å². The minimum absolute atomic E-state index is 0.103. The lowest BCUT2D eigenvalue weighted by molar-refractivity contribution is 0.475. The minimum atomic E-state index is -0.594. The van der Waals surface area contributed by atoms with Crippen LogP contribution in [0.2, 0.25) is 0 Å². The molecule has 2 aromatic carbocycles. The molecule has 0 aliphatic rings. The summed E-state index contributed by atoms with van der Waals surface area (Å²) >= 11 is 0. The van der Waals surface area contributed by atoms with Gasteiger partial charge in [0.15, 0.2) is 0 Å². The molecule has 1 aromatic heterocycles. The van der Waals surface area contributed by atoms with Crippen LogP contribution in [-0.4, -0.2) is 4.98 Å². The van der Waals surface area contributed by atoms with Gasteiger partial charge >= 0.3 is 0 Å². The molecular weight excluding hydrogens is 255 g/mol. The fourth-order valence-electron chi connectivity index (χ4n) is 1.93. The van der Waals surface area contributed by atoms with Gasteiger partial charge in [-0.15, -0.1) is 0 Å². The Morgan fingerprint density at radius 2 is 2.00 bits per heavy atom. The number of fused-ring (bicyclic) bond motifs is 1. The van der Waals surface area contributed by atoms with Crippen LogP contribution < -0.4 is 4.74 Å². The summed E-state index contributed by atoms with van der Waals surface area (Å²) in [5.41, 5.74) is 0.675. The zero-order valence-corrected chi connectivity index (χ0v) is 10.4. The van der Waals surface area contributed by atoms with Crippen LogP contribution in [0.5, 0.6) is 11.5 Å². The molecule has 1 heterocycles. The summed E-state index contributed by atoms with van der Waals surface area (Å²) in [4.78, 5) is 4.22. The maximum atomic E-state index is 13.5. The first-order valence-electron chi connectivity index (χ1n) is 5.99. The summed E-state index contributed by atoms with van der Waals surface area (Å²) in [6.45, 7) is 0. The molecule has 0 saturated carbocycles. The van der Waals surface area contributed by atoms with E-state index in [2.05, 4.69) is 4.98 Å². The average Bonchev–Trinajstić information content (AvgIpc) is 2.47. The molecule has 3 aromatic rings. The first kappa shape index (κ1) is 12.1. The summed E-state index contributed by atoms with van der Waals surface area (Å²) < 4.78 is 19.1. The average molecular weight is 264 g/mol. The molecule has 0 N–H and O–H groups in total. The van der Waals surface area contributed by atoms with Gasteiger partial charge in [0.1, 0.15) is 28.9 Å². The number of ether oxygens (including phenoxy) is 1. The SMILES string of the molecule is N#Cc1c(F)cccc1Oc1ccc2cccnc2c1. The molecule has 3 rings (SSSR count). The molecule has 0 unspecified atom stereocenters. The van der Waals surface area contributed by atoms with Gasteiger partial charge in [0, 0.05) is 17.6 Å². The van der Waals surface area contributed by atoms with Gasteiger partial charge in [-0.25, -0.2) is 4.39 Å². The summed E-state index contributed by atoms with van der Waals surface area (Å²) in [7, 11) is 0. The van der Waals surface area contributed by atoms with Crippen molar-refractivity contribution < 1.29 is 9.13 Å². The van der Waals surface area contributed by atoms with Crippen molar-refractivity contribution in [3.63, 3.8) is 0 Å². The van der Waals surface area contributed by atoms with Crippen LogP contribution >= 0.6 is 0 Å². The normalized spacial score (nSPS) is 10.2. The Morgan fingerprint density at radius 1 is 1.10 bits per heavy atom. The largest absolute Gasteiger partial charge is 0.456 e. The third-order valence-electron chi connectivity index (χ3n) is 2.89. The highest BCUT2D eigenvalue weighted by Gasteiger charge is 2.10. The Morgan fingerprint density at radius 3 is 2.85 bits per heavy atom. The molecule has 20 heavy (non-hydrogen) atoms. The fraction of sp³-hybridized carbons (Fsp3) is 0. The lowest BCUT2D eigenvalue weighted by Crippen LogP contribution is -1.91. The van der Waals surface area contributed by atoms with Crippen molar-refractivity contribution in [1.82, 2.24) is 4.98 Å². The fourth-order valence-corrected chi connectivity index (χ4v) is 1.93. The predicted molar refractivity (Wildman–Crippen MR) is 72.9 cm³/mol. The van der Waals surface area contributed by atoms with E-state index in [-0.39, 0.29) is 11.3 Å². The van der Waals surface area contributed by atoms with Crippen molar-refractivity contribution in [2.45, 2.75) is 0 Å². The van der Waals surface area contributed by atoms with Crippen molar-refractivity contribution in [3.05, 3.63) is 66.1 Å². The van der Waals surface area contributed by atoms with Crippen LogP contribution in [0.3, 0.4) is 0 Å². The molecular formula is C16H9FN2O. The smallest absolute Gasteiger partial charge is 0.148 e. The summed E-state index contributed by atoms with van der Waals surface area (Å²) in [5, 5.41) is 9.95. The van der Waals surface area contributed by atoms with E-state index in [0.717, 1.165) is 10.9 Å². The monoisotopic (exact) mass is 264 g/mol. The Labute approximate surface area is 114 Å². The number of halogens is 1. The molecule has 0 aliphatic heterocycles. The van der Waals surface area contributed by atoms with Crippen LogP contribution in [0.15, 0.2) is 54.7 Å². The van der Waals surface area contributed by atoms with Crippen molar-refractivity contribution >= 4 is 10.9 Å². The van der Waals surface area contributed by atoms with Gasteiger partial charge in [-0.05, 0) is 30.3 Å². The van der Waals surface area contributed by atoms with Gasteiger partial charge in [0.05, 0.1) is 5.52 Å². The molecule has 4 heteroatoms. The summed E-state index contributed by atoms with van der Waals surface area (Å²) in [5.74, 6) is 0.116. The van der Waals surface area contributed by atoms with E-state index in [4.69, 9.17) is 10.00 Å². The second-order valence-electron chi connectivity index (χ2n) is 4.18. The summed E-state index contributed by atoms with van der Waals surface area (Å²) in [6.07, 6.45) is 1.69. The van der Waals surface area contributed by atoms with Crippen molar-refractivity contribution in [1.29, 1.82) is 5.26 Å². The third-order valence-corrected chi connectivity index (χ3v) is 2.89. The molecule has 0 bridgehead atoms. The zero-order chi connectivity index (χ0) is 13.9. The molecule has 0 fully saturated rings. The van der Waals surface area contributed by atoms with Crippen LogP contribution in [0.4, 0.5) is 4.39 Å². The Hall–Kier alpha value is -2.93. The second kappa shape index (κ2) is 4.98. The second-order valence-corrected chi connectivity index (χ2v) is 4.18. The first-order chi connectivity index (χ1) is 9.78. The molecule has 0 atom stereocenters. The predicted octanol–water partition coefficient (Wildman–Crippen LogP) is 4.04. The number of hydrogen-bond donors (Lipinski definition) is 0. The molecule has 0 radical (unpaired) electrons. The zero-order valence-electron chi connectivity index (χ0n) is 10.4. The van der Waals surface area contributed by atoms with E-state index in [1.54, 1.807) is 30.5 Å². The standard InChI is InChI=1S/C16H9FN2O/c17-14-4-1-5-16(13(14)10-18)20-12-7-6-11-3-2-8-19-15(11)9-12/h1-9H. The molecule has 96 valence electrons. The number of nitriles is 1. The van der Waals surface area contributed by atoms with Crippen LogP contribution in [0.1, 0.15) is 5.56 Å². The van der Waals surface area contributed by atoms with Gasteiger partial charge in [-0.3, -0.25) is 4.98 Å². The van der Waals surface area contributed by atoms with E-state index in [1.807, 2.05) is 18.2 Å². The number of benzene rings is 2. The van der Waals surface area contributed by atoms with E-state index in [9.17, 15) is 4.39 Å². The maximum Gasteiger partial charge on any atom is 0.148 e. The summed E-state index contributed by atoms with van der Waals surface area (Å²) in [6, 6.07) is 15.3. The molecule has 0 saturated heterocycles. The Bertz CT molecular complexity index is 824. The third kappa shape index (κ3) is 2.17. The van der Waals surface area contributed by atoms with E-state index in [1.165, 1.54) is 12.1 Å². The van der Waals surface area contributed by atoms with Crippen LogP contribution in [0.25, 0.3) is 10.9 Å². The minimum Gasteiger partial charge on any atom is -0.456 e. The number of hydrogen-bond acceptors (Lipinski definition) is 3. The molecule has 0 spiro atoms. The first-order valence-corrected chi connectivity index (χ1v) is 5.99. The molecule has 0 aliphatic carbocycles. The van der Waals surface area contributed by atoms with E-state index in [0.29, 0.717) is 5.75 Å². The van der Waals surface area contributed by atoms with Crippen LogP contribution in [-0.2, 0) is 0 Å². The maximum absolute atomic E-state index is 13.5. The number of aromatic nitrogens is 1. The van der Waals surface area contributed by atoms with Gasteiger partial charge in [0.2, 0.25) is 0 Å². The van der Waals surface area contributed by atoms with Gasteiger partial charge in [-0.1, -0.05) is 12.1 Å². The lowest BCUT2D eigenvalue weighted by atomic mass is 10.2. The Kier molecular flexibility index (Phi) is 3.02. The number of nitrogens with zero attached hydrogens (tertiary/aromatic N) is 2. The highest BCUT2D eigenvalue weighted by atomic mass is 19.1. The van der Waals surface area contributed by atoms with Gasteiger partial charge in [0.25, 0.3) is 0 Å². The van der Waals surface area contributed by atoms with E-state index >= 15 is 0 Å². The molecule has 0 amide bonds.